The third-order valence-electron chi connectivity index (χ3n) is 2.74. The summed E-state index contributed by atoms with van der Waals surface area (Å²) in [6.07, 6.45) is -0.925. The monoisotopic (exact) mass is 219 g/mol. The highest BCUT2D eigenvalue weighted by Crippen LogP contribution is 2.31. The first kappa shape index (κ1) is 10.7. The van der Waals surface area contributed by atoms with E-state index in [1.54, 1.807) is 0 Å². The van der Waals surface area contributed by atoms with Crippen molar-refractivity contribution in [3.63, 3.8) is 0 Å². The van der Waals surface area contributed by atoms with Gasteiger partial charge in [0.15, 0.2) is 0 Å². The van der Waals surface area contributed by atoms with Gasteiger partial charge < -0.3 is 4.74 Å². The van der Waals surface area contributed by atoms with Crippen LogP contribution in [0.4, 0.5) is 4.79 Å². The molecule has 1 saturated heterocycles. The molecule has 1 fully saturated rings. The molecular formula is C12H13NO3. The van der Waals surface area contributed by atoms with Gasteiger partial charge in [-0.2, -0.15) is 0 Å². The van der Waals surface area contributed by atoms with E-state index in [0.717, 1.165) is 10.5 Å². The van der Waals surface area contributed by atoms with Crippen molar-refractivity contribution in [1.29, 1.82) is 0 Å². The van der Waals surface area contributed by atoms with Crippen LogP contribution in [0.5, 0.6) is 0 Å². The number of hydrogen-bond acceptors (Lipinski definition) is 3. The van der Waals surface area contributed by atoms with Crippen molar-refractivity contribution in [2.24, 2.45) is 0 Å². The van der Waals surface area contributed by atoms with Gasteiger partial charge in [-0.05, 0) is 12.5 Å². The molecule has 16 heavy (non-hydrogen) atoms. The lowest BCUT2D eigenvalue weighted by Gasteiger charge is -2.17. The van der Waals surface area contributed by atoms with E-state index in [1.165, 1.54) is 6.92 Å². The molecule has 2 atom stereocenters. The molecule has 0 aromatic heterocycles. The zero-order valence-electron chi connectivity index (χ0n) is 9.21. The van der Waals surface area contributed by atoms with Gasteiger partial charge in [0.2, 0.25) is 5.91 Å². The predicted molar refractivity (Wildman–Crippen MR) is 57.6 cm³/mol. The molecule has 1 aliphatic rings. The maximum atomic E-state index is 11.5. The first-order chi connectivity index (χ1) is 7.61. The molecule has 2 rings (SSSR count). The van der Waals surface area contributed by atoms with Crippen LogP contribution in [0.3, 0.4) is 0 Å². The minimum atomic E-state index is -0.561. The molecule has 1 aromatic rings. The van der Waals surface area contributed by atoms with Crippen molar-refractivity contribution in [1.82, 2.24) is 4.90 Å². The molecule has 0 spiro atoms. The molecule has 0 bridgehead atoms. The molecular weight excluding hydrogens is 206 g/mol. The quantitative estimate of drug-likeness (QED) is 0.726. The van der Waals surface area contributed by atoms with Gasteiger partial charge in [-0.15, -0.1) is 0 Å². The summed E-state index contributed by atoms with van der Waals surface area (Å²) >= 11 is 0. The SMILES string of the molecule is CC(=O)N1C(=O)O[C@@H](c2ccccc2)[C@H]1C. The third kappa shape index (κ3) is 1.66. The van der Waals surface area contributed by atoms with Crippen molar-refractivity contribution < 1.29 is 14.3 Å². The first-order valence-electron chi connectivity index (χ1n) is 5.16. The summed E-state index contributed by atoms with van der Waals surface area (Å²) in [6.45, 7) is 3.18. The smallest absolute Gasteiger partial charge is 0.417 e. The Morgan fingerprint density at radius 2 is 1.94 bits per heavy atom. The fourth-order valence-corrected chi connectivity index (χ4v) is 1.97. The van der Waals surface area contributed by atoms with E-state index in [1.807, 2.05) is 37.3 Å². The Kier molecular flexibility index (Phi) is 2.64. The second-order valence-electron chi connectivity index (χ2n) is 3.84. The molecule has 2 amide bonds. The Labute approximate surface area is 93.8 Å². The maximum Gasteiger partial charge on any atom is 0.417 e. The summed E-state index contributed by atoms with van der Waals surface area (Å²) < 4.78 is 5.20. The highest BCUT2D eigenvalue weighted by molar-refractivity contribution is 5.92. The summed E-state index contributed by atoms with van der Waals surface area (Å²) in [5.74, 6) is -0.282. The van der Waals surface area contributed by atoms with Crippen LogP contribution in [0.2, 0.25) is 0 Å². The van der Waals surface area contributed by atoms with Crippen molar-refractivity contribution in [3.05, 3.63) is 35.9 Å². The molecule has 0 radical (unpaired) electrons. The van der Waals surface area contributed by atoms with E-state index >= 15 is 0 Å². The minimum Gasteiger partial charge on any atom is -0.439 e. The fraction of sp³-hybridized carbons (Fsp3) is 0.333. The molecule has 4 nitrogen and oxygen atoms in total. The topological polar surface area (TPSA) is 46.6 Å². The van der Waals surface area contributed by atoms with Gasteiger partial charge in [0.25, 0.3) is 0 Å². The van der Waals surface area contributed by atoms with Crippen molar-refractivity contribution in [2.45, 2.75) is 26.0 Å². The van der Waals surface area contributed by atoms with Gasteiger partial charge in [0, 0.05) is 6.92 Å². The number of benzene rings is 1. The largest absolute Gasteiger partial charge is 0.439 e. The molecule has 0 N–H and O–H groups in total. The summed E-state index contributed by atoms with van der Waals surface area (Å²) in [6, 6.07) is 9.18. The van der Waals surface area contributed by atoms with E-state index in [4.69, 9.17) is 4.74 Å². The average molecular weight is 219 g/mol. The fourth-order valence-electron chi connectivity index (χ4n) is 1.97. The standard InChI is InChI=1S/C12H13NO3/c1-8-11(10-6-4-3-5-7-10)16-12(15)13(8)9(2)14/h3-8,11H,1-2H3/t8-,11-/m1/s1. The number of hydrogen-bond donors (Lipinski definition) is 0. The number of nitrogens with zero attached hydrogens (tertiary/aromatic N) is 1. The molecule has 1 heterocycles. The van der Waals surface area contributed by atoms with Crippen LogP contribution in [0.25, 0.3) is 0 Å². The third-order valence-corrected chi connectivity index (χ3v) is 2.74. The average Bonchev–Trinajstić information content (AvgIpc) is 2.55. The van der Waals surface area contributed by atoms with E-state index < -0.39 is 6.09 Å². The van der Waals surface area contributed by atoms with Gasteiger partial charge in [-0.3, -0.25) is 4.79 Å². The lowest BCUT2D eigenvalue weighted by atomic mass is 10.0. The molecule has 4 heteroatoms. The van der Waals surface area contributed by atoms with Crippen molar-refractivity contribution in [2.75, 3.05) is 0 Å². The number of amides is 2. The van der Waals surface area contributed by atoms with E-state index in [0.29, 0.717) is 0 Å². The Morgan fingerprint density at radius 1 is 1.31 bits per heavy atom. The van der Waals surface area contributed by atoms with Crippen LogP contribution >= 0.6 is 0 Å². The van der Waals surface area contributed by atoms with Gasteiger partial charge >= 0.3 is 6.09 Å². The van der Waals surface area contributed by atoms with E-state index in [-0.39, 0.29) is 18.1 Å². The maximum absolute atomic E-state index is 11.5. The number of ether oxygens (including phenoxy) is 1. The lowest BCUT2D eigenvalue weighted by Crippen LogP contribution is -2.35. The molecule has 0 aliphatic carbocycles. The van der Waals surface area contributed by atoms with Gasteiger partial charge in [-0.25, -0.2) is 9.69 Å². The second-order valence-corrected chi connectivity index (χ2v) is 3.84. The molecule has 0 saturated carbocycles. The number of rotatable bonds is 1. The van der Waals surface area contributed by atoms with Crippen LogP contribution in [0.15, 0.2) is 30.3 Å². The van der Waals surface area contributed by atoms with Crippen molar-refractivity contribution >= 4 is 12.0 Å². The van der Waals surface area contributed by atoms with Crippen LogP contribution in [-0.2, 0) is 9.53 Å². The van der Waals surface area contributed by atoms with Crippen LogP contribution < -0.4 is 0 Å². The van der Waals surface area contributed by atoms with Crippen molar-refractivity contribution in [3.8, 4) is 0 Å². The Bertz CT molecular complexity index is 416. The van der Waals surface area contributed by atoms with Crippen LogP contribution in [0.1, 0.15) is 25.5 Å². The van der Waals surface area contributed by atoms with Gasteiger partial charge in [0.05, 0.1) is 6.04 Å². The Balaban J connectivity index is 2.27. The lowest BCUT2D eigenvalue weighted by molar-refractivity contribution is -0.126. The first-order valence-corrected chi connectivity index (χ1v) is 5.16. The Hall–Kier alpha value is -1.84. The van der Waals surface area contributed by atoms with Crippen LogP contribution in [0, 0.1) is 0 Å². The summed E-state index contributed by atoms with van der Waals surface area (Å²) in [5.41, 5.74) is 0.909. The second kappa shape index (κ2) is 3.96. The van der Waals surface area contributed by atoms with Gasteiger partial charge in [-0.1, -0.05) is 30.3 Å². The number of cyclic esters (lactones) is 1. The molecule has 1 aromatic carbocycles. The molecule has 0 unspecified atom stereocenters. The number of imide groups is 1. The number of carbonyl (C=O) groups excluding carboxylic acids is 2. The Morgan fingerprint density at radius 3 is 2.44 bits per heavy atom. The highest BCUT2D eigenvalue weighted by Gasteiger charge is 2.41. The zero-order valence-corrected chi connectivity index (χ0v) is 9.21. The minimum absolute atomic E-state index is 0.257. The summed E-state index contributed by atoms with van der Waals surface area (Å²) in [5, 5.41) is 0. The summed E-state index contributed by atoms with van der Waals surface area (Å²) in [4.78, 5) is 23.9. The van der Waals surface area contributed by atoms with Gasteiger partial charge in [0.1, 0.15) is 6.10 Å². The van der Waals surface area contributed by atoms with E-state index in [2.05, 4.69) is 0 Å². The normalized spacial score (nSPS) is 24.4. The molecule has 1 aliphatic heterocycles. The molecule has 84 valence electrons. The zero-order chi connectivity index (χ0) is 11.7. The highest BCUT2D eigenvalue weighted by atomic mass is 16.6. The number of carbonyl (C=O) groups is 2. The summed E-state index contributed by atoms with van der Waals surface area (Å²) in [7, 11) is 0. The van der Waals surface area contributed by atoms with E-state index in [9.17, 15) is 9.59 Å². The predicted octanol–water partition coefficient (Wildman–Crippen LogP) is 2.11. The van der Waals surface area contributed by atoms with Crippen LogP contribution in [-0.4, -0.2) is 22.9 Å².